The van der Waals surface area contributed by atoms with Crippen molar-refractivity contribution < 1.29 is 9.47 Å². The lowest BCUT2D eigenvalue weighted by Gasteiger charge is -2.26. The molecule has 1 fully saturated rings. The maximum Gasteiger partial charge on any atom is 0.199 e. The Morgan fingerprint density at radius 3 is 2.63 bits per heavy atom. The third-order valence-corrected chi connectivity index (χ3v) is 6.20. The fourth-order valence-corrected chi connectivity index (χ4v) is 4.50. The number of nitrogens with zero attached hydrogens (tertiary/aromatic N) is 4. The van der Waals surface area contributed by atoms with Gasteiger partial charge in [0.25, 0.3) is 0 Å². The van der Waals surface area contributed by atoms with E-state index in [9.17, 15) is 0 Å². The molecule has 1 saturated heterocycles. The van der Waals surface area contributed by atoms with E-state index in [1.807, 2.05) is 29.8 Å². The van der Waals surface area contributed by atoms with Crippen LogP contribution in [0.15, 0.2) is 48.5 Å². The second kappa shape index (κ2) is 9.02. The summed E-state index contributed by atoms with van der Waals surface area (Å²) in [6, 6.07) is 16.7. The summed E-state index contributed by atoms with van der Waals surface area (Å²) in [5, 5.41) is 4.75. The first kappa shape index (κ1) is 20.6. The molecule has 0 N–H and O–H groups in total. The maximum atomic E-state index is 5.78. The summed E-state index contributed by atoms with van der Waals surface area (Å²) in [6.45, 7) is 4.43. The number of ether oxygens (including phenoxy) is 2. The molecule has 3 aromatic rings. The third-order valence-electron chi connectivity index (χ3n) is 5.77. The molecule has 1 atom stereocenters. The average molecular weight is 425 g/mol. The van der Waals surface area contributed by atoms with E-state index < -0.39 is 0 Å². The van der Waals surface area contributed by atoms with Gasteiger partial charge in [-0.25, -0.2) is 4.68 Å². The highest BCUT2D eigenvalue weighted by atomic mass is 32.1. The fraction of sp³-hybridized carbons (Fsp3) is 0.391. The highest BCUT2D eigenvalue weighted by Gasteiger charge is 2.29. The van der Waals surface area contributed by atoms with E-state index in [1.165, 1.54) is 11.1 Å². The quantitative estimate of drug-likeness (QED) is 0.520. The third kappa shape index (κ3) is 4.13. The van der Waals surface area contributed by atoms with Crippen LogP contribution in [0.4, 0.5) is 0 Å². The number of rotatable bonds is 7. The van der Waals surface area contributed by atoms with Gasteiger partial charge in [-0.2, -0.15) is 5.10 Å². The molecule has 0 amide bonds. The Morgan fingerprint density at radius 2 is 1.90 bits per heavy atom. The number of aryl methyl sites for hydroxylation is 1. The van der Waals surface area contributed by atoms with Crippen LogP contribution in [0.1, 0.15) is 35.8 Å². The molecule has 1 aliphatic rings. The van der Waals surface area contributed by atoms with Gasteiger partial charge in [-0.3, -0.25) is 9.47 Å². The summed E-state index contributed by atoms with van der Waals surface area (Å²) in [6.07, 6.45) is 2.22. The summed E-state index contributed by atoms with van der Waals surface area (Å²) in [4.78, 5) is 2.43. The van der Waals surface area contributed by atoms with Crippen molar-refractivity contribution in [2.45, 2.75) is 39.0 Å². The van der Waals surface area contributed by atoms with Gasteiger partial charge in [0.15, 0.2) is 4.77 Å². The van der Waals surface area contributed by atoms with E-state index in [0.717, 1.165) is 48.0 Å². The SMILES string of the molecule is COc1ccc([C@H]2CCCN2Cn2nc(C)n(Cc3ccccc3)c2=S)c(OC)c1. The van der Waals surface area contributed by atoms with E-state index in [2.05, 4.69) is 39.8 Å². The molecule has 1 aliphatic heterocycles. The molecule has 6 nitrogen and oxygen atoms in total. The van der Waals surface area contributed by atoms with Crippen LogP contribution < -0.4 is 9.47 Å². The smallest absolute Gasteiger partial charge is 0.199 e. The highest BCUT2D eigenvalue weighted by Crippen LogP contribution is 2.38. The van der Waals surface area contributed by atoms with E-state index in [1.54, 1.807) is 14.2 Å². The number of likely N-dealkylation sites (tertiary alicyclic amines) is 1. The van der Waals surface area contributed by atoms with Gasteiger partial charge in [0, 0.05) is 24.2 Å². The predicted molar refractivity (Wildman–Crippen MR) is 120 cm³/mol. The monoisotopic (exact) mass is 424 g/mol. The summed E-state index contributed by atoms with van der Waals surface area (Å²) < 4.78 is 15.8. The van der Waals surface area contributed by atoms with Crippen LogP contribution in [0.25, 0.3) is 0 Å². The second-order valence-electron chi connectivity index (χ2n) is 7.62. The number of hydrogen-bond acceptors (Lipinski definition) is 5. The zero-order valence-corrected chi connectivity index (χ0v) is 18.6. The predicted octanol–water partition coefficient (Wildman–Crippen LogP) is 4.58. The lowest BCUT2D eigenvalue weighted by Crippen LogP contribution is -2.27. The maximum absolute atomic E-state index is 5.78. The molecule has 0 aliphatic carbocycles. The molecule has 0 spiro atoms. The van der Waals surface area contributed by atoms with Gasteiger partial charge in [-0.15, -0.1) is 0 Å². The zero-order chi connectivity index (χ0) is 21.1. The molecule has 1 aromatic heterocycles. The topological polar surface area (TPSA) is 44.5 Å². The van der Waals surface area contributed by atoms with Crippen molar-refractivity contribution in [1.82, 2.24) is 19.2 Å². The van der Waals surface area contributed by atoms with Crippen molar-refractivity contribution in [3.63, 3.8) is 0 Å². The van der Waals surface area contributed by atoms with Crippen LogP contribution in [0.5, 0.6) is 11.5 Å². The van der Waals surface area contributed by atoms with Crippen LogP contribution in [-0.2, 0) is 13.2 Å². The zero-order valence-electron chi connectivity index (χ0n) is 17.7. The molecule has 2 heterocycles. The Labute approximate surface area is 182 Å². The Kier molecular flexibility index (Phi) is 6.20. The van der Waals surface area contributed by atoms with Gasteiger partial charge in [0.1, 0.15) is 17.3 Å². The second-order valence-corrected chi connectivity index (χ2v) is 7.99. The Hall–Kier alpha value is -2.64. The molecule has 158 valence electrons. The molecular formula is C23H28N4O2S. The van der Waals surface area contributed by atoms with Gasteiger partial charge >= 0.3 is 0 Å². The Bertz CT molecular complexity index is 1060. The number of hydrogen-bond donors (Lipinski definition) is 0. The van der Waals surface area contributed by atoms with Crippen LogP contribution in [-0.4, -0.2) is 40.0 Å². The minimum absolute atomic E-state index is 0.271. The first-order chi connectivity index (χ1) is 14.6. The summed E-state index contributed by atoms with van der Waals surface area (Å²) in [7, 11) is 3.38. The van der Waals surface area contributed by atoms with Crippen molar-refractivity contribution in [3.05, 3.63) is 70.3 Å². The van der Waals surface area contributed by atoms with Crippen molar-refractivity contribution in [3.8, 4) is 11.5 Å². The fourth-order valence-electron chi connectivity index (χ4n) is 4.20. The number of methoxy groups -OCH3 is 2. The van der Waals surface area contributed by atoms with Gasteiger partial charge in [-0.05, 0) is 43.6 Å². The molecule has 0 radical (unpaired) electrons. The standard InChI is InChI=1S/C23H28N4O2S/c1-17-24-27(23(30)26(17)15-18-8-5-4-6-9-18)16-25-13-7-10-21(25)20-12-11-19(28-2)14-22(20)29-3/h4-6,8-9,11-12,14,21H,7,10,13,15-16H2,1-3H3/t21-/m1/s1. The van der Waals surface area contributed by atoms with Crippen LogP contribution in [0.2, 0.25) is 0 Å². The molecule has 0 unspecified atom stereocenters. The van der Waals surface area contributed by atoms with Crippen molar-refractivity contribution >= 4 is 12.2 Å². The van der Waals surface area contributed by atoms with Crippen molar-refractivity contribution in [2.24, 2.45) is 0 Å². The van der Waals surface area contributed by atoms with E-state index in [-0.39, 0.29) is 6.04 Å². The van der Waals surface area contributed by atoms with Crippen LogP contribution in [0.3, 0.4) is 0 Å². The molecule has 4 rings (SSSR count). The van der Waals surface area contributed by atoms with E-state index >= 15 is 0 Å². The molecule has 30 heavy (non-hydrogen) atoms. The number of benzene rings is 2. The van der Waals surface area contributed by atoms with Crippen LogP contribution >= 0.6 is 12.2 Å². The van der Waals surface area contributed by atoms with Gasteiger partial charge < -0.3 is 9.47 Å². The lowest BCUT2D eigenvalue weighted by atomic mass is 10.0. The Morgan fingerprint density at radius 1 is 1.10 bits per heavy atom. The minimum atomic E-state index is 0.271. The van der Waals surface area contributed by atoms with E-state index in [0.29, 0.717) is 6.67 Å². The molecule has 2 aromatic carbocycles. The summed E-state index contributed by atoms with van der Waals surface area (Å²) in [5.41, 5.74) is 2.40. The average Bonchev–Trinajstić information content (AvgIpc) is 3.34. The normalized spacial score (nSPS) is 16.7. The van der Waals surface area contributed by atoms with Gasteiger partial charge in [-0.1, -0.05) is 36.4 Å². The first-order valence-corrected chi connectivity index (χ1v) is 10.7. The number of aromatic nitrogens is 3. The van der Waals surface area contributed by atoms with Crippen LogP contribution in [0, 0.1) is 11.7 Å². The summed E-state index contributed by atoms with van der Waals surface area (Å²) in [5.74, 6) is 2.60. The molecule has 7 heteroatoms. The molecular weight excluding hydrogens is 396 g/mol. The molecule has 0 bridgehead atoms. The largest absolute Gasteiger partial charge is 0.497 e. The summed E-state index contributed by atoms with van der Waals surface area (Å²) >= 11 is 5.78. The highest BCUT2D eigenvalue weighted by molar-refractivity contribution is 7.71. The van der Waals surface area contributed by atoms with Gasteiger partial charge in [0.2, 0.25) is 0 Å². The van der Waals surface area contributed by atoms with E-state index in [4.69, 9.17) is 26.8 Å². The lowest BCUT2D eigenvalue weighted by molar-refractivity contribution is 0.186. The first-order valence-electron chi connectivity index (χ1n) is 10.2. The van der Waals surface area contributed by atoms with Gasteiger partial charge in [0.05, 0.1) is 27.4 Å². The molecule has 0 saturated carbocycles. The Balaban J connectivity index is 1.57. The van der Waals surface area contributed by atoms with Crippen molar-refractivity contribution in [1.29, 1.82) is 0 Å². The van der Waals surface area contributed by atoms with Crippen molar-refractivity contribution in [2.75, 3.05) is 20.8 Å². The minimum Gasteiger partial charge on any atom is -0.497 e.